The monoisotopic (exact) mass is 275 g/mol. The molecule has 0 aromatic heterocycles. The van der Waals surface area contributed by atoms with Gasteiger partial charge in [0.25, 0.3) is 0 Å². The lowest BCUT2D eigenvalue weighted by Gasteiger charge is -2.17. The number of nitrogens with one attached hydrogen (secondary N) is 1. The van der Waals surface area contributed by atoms with E-state index in [1.165, 1.54) is 0 Å². The van der Waals surface area contributed by atoms with Gasteiger partial charge >= 0.3 is 5.97 Å². The van der Waals surface area contributed by atoms with Crippen LogP contribution in [0.4, 0.5) is 0 Å². The summed E-state index contributed by atoms with van der Waals surface area (Å²) in [5.74, 6) is -0.960. The van der Waals surface area contributed by atoms with Gasteiger partial charge in [0.1, 0.15) is 0 Å². The Morgan fingerprint density at radius 1 is 1.40 bits per heavy atom. The zero-order valence-electron chi connectivity index (χ0n) is 12.0. The number of ketones is 1. The van der Waals surface area contributed by atoms with Crippen molar-refractivity contribution in [3.05, 3.63) is 47.5 Å². The van der Waals surface area contributed by atoms with Gasteiger partial charge < -0.3 is 10.4 Å². The van der Waals surface area contributed by atoms with Crippen molar-refractivity contribution in [2.45, 2.75) is 32.7 Å². The maximum absolute atomic E-state index is 12.5. The van der Waals surface area contributed by atoms with E-state index in [4.69, 9.17) is 5.11 Å². The summed E-state index contributed by atoms with van der Waals surface area (Å²) in [6, 6.07) is 5.21. The predicted molar refractivity (Wildman–Crippen MR) is 79.1 cm³/mol. The predicted octanol–water partition coefficient (Wildman–Crippen LogP) is 2.50. The van der Waals surface area contributed by atoms with Crippen LogP contribution < -0.4 is 5.32 Å². The molecular formula is C16H21NO3. The molecule has 1 aromatic carbocycles. The number of carboxylic acid groups (broad SMARTS) is 1. The van der Waals surface area contributed by atoms with Crippen LogP contribution in [0.1, 0.15) is 34.3 Å². The third kappa shape index (κ3) is 4.63. The second-order valence-corrected chi connectivity index (χ2v) is 4.86. The van der Waals surface area contributed by atoms with Crippen LogP contribution in [-0.4, -0.2) is 29.4 Å². The smallest absolute Gasteiger partial charge is 0.303 e. The van der Waals surface area contributed by atoms with Crippen molar-refractivity contribution in [2.24, 2.45) is 0 Å². The van der Waals surface area contributed by atoms with Crippen LogP contribution in [-0.2, 0) is 4.79 Å². The van der Waals surface area contributed by atoms with Gasteiger partial charge in [-0.25, -0.2) is 0 Å². The number of rotatable bonds is 8. The Balaban J connectivity index is 2.92. The van der Waals surface area contributed by atoms with Crippen LogP contribution in [0.5, 0.6) is 0 Å². The Labute approximate surface area is 119 Å². The van der Waals surface area contributed by atoms with Crippen LogP contribution in [0.2, 0.25) is 0 Å². The molecule has 2 N–H and O–H groups in total. The van der Waals surface area contributed by atoms with Crippen molar-refractivity contribution < 1.29 is 14.7 Å². The molecule has 1 unspecified atom stereocenters. The Bertz CT molecular complexity index is 508. The molecular weight excluding hydrogens is 254 g/mol. The molecule has 0 radical (unpaired) electrons. The van der Waals surface area contributed by atoms with Gasteiger partial charge in [-0.3, -0.25) is 9.59 Å². The normalized spacial score (nSPS) is 11.9. The highest BCUT2D eigenvalue weighted by atomic mass is 16.4. The van der Waals surface area contributed by atoms with E-state index in [-0.39, 0.29) is 18.6 Å². The van der Waals surface area contributed by atoms with E-state index in [2.05, 4.69) is 11.9 Å². The van der Waals surface area contributed by atoms with E-state index < -0.39 is 12.0 Å². The van der Waals surface area contributed by atoms with E-state index in [1.54, 1.807) is 6.08 Å². The lowest BCUT2D eigenvalue weighted by Crippen LogP contribution is -2.37. The van der Waals surface area contributed by atoms with Crippen LogP contribution >= 0.6 is 0 Å². The van der Waals surface area contributed by atoms with E-state index in [9.17, 15) is 9.59 Å². The molecule has 1 atom stereocenters. The van der Waals surface area contributed by atoms with Crippen LogP contribution in [0.15, 0.2) is 30.9 Å². The Kier molecular flexibility index (Phi) is 6.12. The van der Waals surface area contributed by atoms with Crippen molar-refractivity contribution in [1.82, 2.24) is 5.32 Å². The van der Waals surface area contributed by atoms with Crippen LogP contribution in [0.3, 0.4) is 0 Å². The number of carboxylic acids is 1. The molecule has 0 heterocycles. The molecule has 0 aliphatic rings. The highest BCUT2D eigenvalue weighted by Gasteiger charge is 2.21. The molecule has 1 rings (SSSR count). The van der Waals surface area contributed by atoms with Crippen LogP contribution in [0, 0.1) is 13.8 Å². The standard InChI is InChI=1S/C16H21NO3/c1-4-9-17-14(7-8-15(18)19)16(20)13-10-11(2)5-6-12(13)3/h4-6,10,14,17H,1,7-9H2,2-3H3,(H,18,19). The number of aryl methyl sites for hydroxylation is 2. The van der Waals surface area contributed by atoms with Gasteiger partial charge in [0.05, 0.1) is 6.04 Å². The maximum Gasteiger partial charge on any atom is 0.303 e. The largest absolute Gasteiger partial charge is 0.481 e. The first-order valence-corrected chi connectivity index (χ1v) is 6.63. The number of Topliss-reactive ketones (excluding diaryl/α,β-unsaturated/α-hetero) is 1. The molecule has 0 bridgehead atoms. The summed E-state index contributed by atoms with van der Waals surface area (Å²) in [7, 11) is 0. The lowest BCUT2D eigenvalue weighted by atomic mass is 9.95. The van der Waals surface area contributed by atoms with Crippen molar-refractivity contribution >= 4 is 11.8 Å². The lowest BCUT2D eigenvalue weighted by molar-refractivity contribution is -0.137. The molecule has 108 valence electrons. The molecule has 0 saturated carbocycles. The number of aliphatic carboxylic acids is 1. The summed E-state index contributed by atoms with van der Waals surface area (Å²) in [5, 5.41) is 11.8. The highest BCUT2D eigenvalue weighted by Crippen LogP contribution is 2.15. The number of carbonyl (C=O) groups is 2. The minimum atomic E-state index is -0.899. The molecule has 0 spiro atoms. The highest BCUT2D eigenvalue weighted by molar-refractivity contribution is 6.01. The van der Waals surface area contributed by atoms with E-state index in [0.717, 1.165) is 11.1 Å². The first-order valence-electron chi connectivity index (χ1n) is 6.63. The summed E-state index contributed by atoms with van der Waals surface area (Å²) in [4.78, 5) is 23.2. The first-order chi connectivity index (χ1) is 9.45. The fourth-order valence-corrected chi connectivity index (χ4v) is 2.01. The van der Waals surface area contributed by atoms with Crippen molar-refractivity contribution in [3.8, 4) is 0 Å². The molecule has 0 aliphatic carbocycles. The SMILES string of the molecule is C=CCNC(CCC(=O)O)C(=O)c1cc(C)ccc1C. The van der Waals surface area contributed by atoms with E-state index in [0.29, 0.717) is 12.1 Å². The molecule has 1 aromatic rings. The Morgan fingerprint density at radius 2 is 2.10 bits per heavy atom. The van der Waals surface area contributed by atoms with Gasteiger partial charge in [0, 0.05) is 18.5 Å². The number of hydrogen-bond donors (Lipinski definition) is 2. The number of benzene rings is 1. The van der Waals surface area contributed by atoms with Gasteiger partial charge in [-0.2, -0.15) is 0 Å². The average molecular weight is 275 g/mol. The second-order valence-electron chi connectivity index (χ2n) is 4.86. The zero-order valence-corrected chi connectivity index (χ0v) is 12.0. The average Bonchev–Trinajstić information content (AvgIpc) is 2.40. The Hall–Kier alpha value is -1.94. The molecule has 0 amide bonds. The summed E-state index contributed by atoms with van der Waals surface area (Å²) in [5.41, 5.74) is 2.57. The third-order valence-electron chi connectivity index (χ3n) is 3.13. The van der Waals surface area contributed by atoms with Gasteiger partial charge in [0.2, 0.25) is 0 Å². The number of carbonyl (C=O) groups excluding carboxylic acids is 1. The zero-order chi connectivity index (χ0) is 15.1. The maximum atomic E-state index is 12.5. The summed E-state index contributed by atoms with van der Waals surface area (Å²) >= 11 is 0. The first kappa shape index (κ1) is 16.1. The topological polar surface area (TPSA) is 66.4 Å². The van der Waals surface area contributed by atoms with E-state index >= 15 is 0 Å². The molecule has 4 heteroatoms. The third-order valence-corrected chi connectivity index (χ3v) is 3.13. The van der Waals surface area contributed by atoms with Gasteiger partial charge in [-0.05, 0) is 31.9 Å². The van der Waals surface area contributed by atoms with Gasteiger partial charge in [-0.15, -0.1) is 6.58 Å². The Morgan fingerprint density at radius 3 is 2.70 bits per heavy atom. The quantitative estimate of drug-likeness (QED) is 0.565. The molecule has 0 fully saturated rings. The summed E-state index contributed by atoms with van der Waals surface area (Å²) in [6.07, 6.45) is 1.89. The minimum Gasteiger partial charge on any atom is -0.481 e. The van der Waals surface area contributed by atoms with E-state index in [1.807, 2.05) is 32.0 Å². The van der Waals surface area contributed by atoms with Crippen molar-refractivity contribution in [2.75, 3.05) is 6.54 Å². The second kappa shape index (κ2) is 7.60. The number of hydrogen-bond acceptors (Lipinski definition) is 3. The summed E-state index contributed by atoms with van der Waals surface area (Å²) in [6.45, 7) is 7.89. The van der Waals surface area contributed by atoms with Crippen molar-refractivity contribution in [3.63, 3.8) is 0 Å². The fourth-order valence-electron chi connectivity index (χ4n) is 2.01. The van der Waals surface area contributed by atoms with Gasteiger partial charge in [0.15, 0.2) is 5.78 Å². The molecule has 20 heavy (non-hydrogen) atoms. The fraction of sp³-hybridized carbons (Fsp3) is 0.375. The molecule has 0 saturated heterocycles. The minimum absolute atomic E-state index is 0.0363. The molecule has 4 nitrogen and oxygen atoms in total. The van der Waals surface area contributed by atoms with Crippen molar-refractivity contribution in [1.29, 1.82) is 0 Å². The molecule has 0 aliphatic heterocycles. The summed E-state index contributed by atoms with van der Waals surface area (Å²) < 4.78 is 0. The van der Waals surface area contributed by atoms with Gasteiger partial charge in [-0.1, -0.05) is 23.8 Å². The van der Waals surface area contributed by atoms with Crippen LogP contribution in [0.25, 0.3) is 0 Å².